The number of carbonyl (C=O) groups is 1. The van der Waals surface area contributed by atoms with Gasteiger partial charge in [-0.3, -0.25) is 0 Å². The van der Waals surface area contributed by atoms with Gasteiger partial charge in [0.05, 0.1) is 0 Å². The van der Waals surface area contributed by atoms with Gasteiger partial charge in [-0.05, 0) is 6.92 Å². The largest absolute Gasteiger partial charge is 1.00 e. The monoisotopic (exact) mass is 136 g/mol. The first-order chi connectivity index (χ1) is 3.68. The Hall–Kier alpha value is 0.210. The van der Waals surface area contributed by atoms with Crippen molar-refractivity contribution in [2.75, 3.05) is 0 Å². The van der Waals surface area contributed by atoms with Crippen molar-refractivity contribution in [1.29, 1.82) is 0 Å². The molecule has 0 aliphatic carbocycles. The summed E-state index contributed by atoms with van der Waals surface area (Å²) in [6, 6.07) is 0. The van der Waals surface area contributed by atoms with E-state index in [2.05, 4.69) is 11.3 Å². The number of carbonyl (C=O) groups excluding carboxylic acids is 1. The van der Waals surface area contributed by atoms with Crippen LogP contribution in [0.3, 0.4) is 0 Å². The van der Waals surface area contributed by atoms with E-state index in [9.17, 15) is 4.79 Å². The first kappa shape index (κ1) is 11.9. The first-order valence-corrected chi connectivity index (χ1v) is 2.32. The Bertz CT molecular complexity index is 110. The van der Waals surface area contributed by atoms with E-state index in [0.717, 1.165) is 0 Å². The van der Waals surface area contributed by atoms with Crippen LogP contribution in [0.2, 0.25) is 0 Å². The van der Waals surface area contributed by atoms with Crippen molar-refractivity contribution >= 4 is 5.97 Å². The summed E-state index contributed by atoms with van der Waals surface area (Å²) in [5, 5.41) is 0. The van der Waals surface area contributed by atoms with E-state index in [-0.39, 0.29) is 35.5 Å². The Morgan fingerprint density at radius 3 is 2.22 bits per heavy atom. The van der Waals surface area contributed by atoms with Crippen LogP contribution in [0.15, 0.2) is 12.2 Å². The van der Waals surface area contributed by atoms with Gasteiger partial charge in [0.1, 0.15) is 0 Å². The van der Waals surface area contributed by atoms with Crippen LogP contribution in [0.4, 0.5) is 0 Å². The van der Waals surface area contributed by atoms with E-state index < -0.39 is 0 Å². The molecule has 2 nitrogen and oxygen atoms in total. The zero-order valence-corrected chi connectivity index (χ0v) is 8.10. The summed E-state index contributed by atoms with van der Waals surface area (Å²) < 4.78 is 4.44. The fraction of sp³-hybridized carbons (Fsp3) is 0.333. The van der Waals surface area contributed by atoms with Crippen molar-refractivity contribution in [3.8, 4) is 0 Å². The third-order valence-electron chi connectivity index (χ3n) is 0.573. The van der Waals surface area contributed by atoms with Gasteiger partial charge in [-0.2, -0.15) is 13.5 Å². The molecular formula is C6H9NaO2. The third kappa shape index (κ3) is 6.09. The zero-order valence-electron chi connectivity index (χ0n) is 6.10. The van der Waals surface area contributed by atoms with Gasteiger partial charge in [-0.15, -0.1) is 0 Å². The molecule has 0 aliphatic heterocycles. The van der Waals surface area contributed by atoms with E-state index in [0.29, 0.717) is 5.57 Å². The van der Waals surface area contributed by atoms with Gasteiger partial charge in [0, 0.05) is 5.57 Å². The molecule has 0 atom stereocenters. The maximum absolute atomic E-state index is 10.4. The van der Waals surface area contributed by atoms with Gasteiger partial charge in [0.25, 0.3) is 0 Å². The molecule has 0 rings (SSSR count). The van der Waals surface area contributed by atoms with Crippen molar-refractivity contribution in [1.82, 2.24) is 0 Å². The minimum atomic E-state index is -0.368. The molecular weight excluding hydrogens is 127 g/mol. The summed E-state index contributed by atoms with van der Waals surface area (Å²) in [6.45, 7) is 7.95. The first-order valence-electron chi connectivity index (χ1n) is 2.32. The Morgan fingerprint density at radius 1 is 1.67 bits per heavy atom. The molecule has 0 heterocycles. The van der Waals surface area contributed by atoms with Crippen molar-refractivity contribution in [2.24, 2.45) is 0 Å². The van der Waals surface area contributed by atoms with E-state index >= 15 is 0 Å². The Kier molecular flexibility index (Phi) is 8.40. The van der Waals surface area contributed by atoms with Crippen molar-refractivity contribution in [2.45, 2.75) is 13.8 Å². The fourth-order valence-corrected chi connectivity index (χ4v) is 0.208. The minimum Gasteiger partial charge on any atom is -0.634 e. The van der Waals surface area contributed by atoms with E-state index in [1.54, 1.807) is 13.8 Å². The topological polar surface area (TPSA) is 26.3 Å². The van der Waals surface area contributed by atoms with Crippen molar-refractivity contribution in [3.05, 3.63) is 18.8 Å². The molecule has 0 fully saturated rings. The second-order valence-electron chi connectivity index (χ2n) is 1.42. The molecule has 46 valence electrons. The van der Waals surface area contributed by atoms with Crippen LogP contribution in [-0.2, 0) is 9.53 Å². The number of hydrogen-bond acceptors (Lipinski definition) is 2. The molecule has 9 heavy (non-hydrogen) atoms. The van der Waals surface area contributed by atoms with E-state index in [4.69, 9.17) is 0 Å². The summed E-state index contributed by atoms with van der Waals surface area (Å²) in [7, 11) is 0. The second-order valence-corrected chi connectivity index (χ2v) is 1.42. The van der Waals surface area contributed by atoms with Gasteiger partial charge in [0.15, 0.2) is 0 Å². The van der Waals surface area contributed by atoms with Crippen LogP contribution in [0.1, 0.15) is 13.8 Å². The number of hydrogen-bond donors (Lipinski definition) is 0. The van der Waals surface area contributed by atoms with Gasteiger partial charge < -0.3 is 4.74 Å². The second kappa shape index (κ2) is 6.33. The van der Waals surface area contributed by atoms with Gasteiger partial charge >= 0.3 is 35.5 Å². The Labute approximate surface area is 77.6 Å². The average molecular weight is 136 g/mol. The van der Waals surface area contributed by atoms with Gasteiger partial charge in [-0.1, -0.05) is 6.58 Å². The maximum atomic E-state index is 10.4. The third-order valence-corrected chi connectivity index (χ3v) is 0.573. The predicted octanol–water partition coefficient (Wildman–Crippen LogP) is -1.71. The molecule has 0 aromatic heterocycles. The van der Waals surface area contributed by atoms with Crippen LogP contribution in [-0.4, -0.2) is 5.97 Å². The molecule has 3 heteroatoms. The summed E-state index contributed by atoms with van der Waals surface area (Å²) in [5.74, 6) is -0.368. The number of rotatable bonds is 2. The quantitative estimate of drug-likeness (QED) is 0.195. The molecule has 0 saturated heterocycles. The van der Waals surface area contributed by atoms with E-state index in [1.807, 2.05) is 0 Å². The van der Waals surface area contributed by atoms with Crippen molar-refractivity contribution in [3.63, 3.8) is 0 Å². The van der Waals surface area contributed by atoms with Gasteiger partial charge in [-0.25, -0.2) is 4.79 Å². The van der Waals surface area contributed by atoms with Crippen LogP contribution in [0, 0.1) is 6.61 Å². The number of ether oxygens (including phenoxy) is 1. The molecule has 0 aliphatic rings. The number of esters is 1. The molecule has 0 N–H and O–H groups in total. The summed E-state index contributed by atoms with van der Waals surface area (Å²) in [4.78, 5) is 10.4. The van der Waals surface area contributed by atoms with Crippen LogP contribution in [0.5, 0.6) is 0 Å². The minimum absolute atomic E-state index is 0. The normalized spacial score (nSPS) is 7.33. The van der Waals surface area contributed by atoms with Gasteiger partial charge in [0.2, 0.25) is 0 Å². The molecule has 0 radical (unpaired) electrons. The van der Waals surface area contributed by atoms with Crippen LogP contribution < -0.4 is 29.6 Å². The molecule has 0 amide bonds. The van der Waals surface area contributed by atoms with Crippen LogP contribution in [0.25, 0.3) is 0 Å². The predicted molar refractivity (Wildman–Crippen MR) is 30.9 cm³/mol. The summed E-state index contributed by atoms with van der Waals surface area (Å²) in [6.07, 6.45) is 0. The fourth-order valence-electron chi connectivity index (χ4n) is 0.208. The van der Waals surface area contributed by atoms with Crippen LogP contribution >= 0.6 is 0 Å². The molecule has 0 unspecified atom stereocenters. The Morgan fingerprint density at radius 2 is 2.11 bits per heavy atom. The maximum Gasteiger partial charge on any atom is 1.00 e. The average Bonchev–Trinajstić information content (AvgIpc) is 1.67. The van der Waals surface area contributed by atoms with Crippen molar-refractivity contribution < 1.29 is 39.1 Å². The SMILES string of the molecule is C=C(C)C(=O)O[CH-]C.[Na+]. The molecule has 0 saturated carbocycles. The zero-order chi connectivity index (χ0) is 6.57. The molecule has 0 bridgehead atoms. The molecule has 0 spiro atoms. The Balaban J connectivity index is 0. The van der Waals surface area contributed by atoms with E-state index in [1.165, 1.54) is 6.61 Å². The summed E-state index contributed by atoms with van der Waals surface area (Å²) >= 11 is 0. The smallest absolute Gasteiger partial charge is 0.634 e. The molecule has 0 aromatic rings. The summed E-state index contributed by atoms with van der Waals surface area (Å²) in [5.41, 5.74) is 0.420. The molecule has 0 aromatic carbocycles. The standard InChI is InChI=1S/C6H9O2.Na/c1-4-8-6(7)5(2)3;/h4H,2H2,1,3H3;/q-1;+1.